The van der Waals surface area contributed by atoms with Crippen molar-refractivity contribution in [3.05, 3.63) is 84.1 Å². The Kier molecular flexibility index (Phi) is 8.73. The van der Waals surface area contributed by atoms with Gasteiger partial charge in [-0.25, -0.2) is 14.7 Å². The first kappa shape index (κ1) is 28.7. The number of para-hydroxylation sites is 1. The van der Waals surface area contributed by atoms with Gasteiger partial charge in [0.15, 0.2) is 0 Å². The zero-order valence-electron chi connectivity index (χ0n) is 24.6. The summed E-state index contributed by atoms with van der Waals surface area (Å²) in [5.41, 5.74) is 4.09. The largest absolute Gasteiger partial charge is 0.497 e. The highest BCUT2D eigenvalue weighted by Gasteiger charge is 2.24. The summed E-state index contributed by atoms with van der Waals surface area (Å²) in [6.45, 7) is 7.68. The average Bonchev–Trinajstić information content (AvgIpc) is 3.00. The van der Waals surface area contributed by atoms with E-state index in [0.717, 1.165) is 54.4 Å². The number of benzene rings is 3. The smallest absolute Gasteiger partial charge is 0.425 e. The Morgan fingerprint density at radius 3 is 2.29 bits per heavy atom. The number of ether oxygens (including phenoxy) is 3. The van der Waals surface area contributed by atoms with Crippen LogP contribution in [0.2, 0.25) is 0 Å². The Hall–Kier alpha value is -4.83. The monoisotopic (exact) mass is 568 g/mol. The van der Waals surface area contributed by atoms with Crippen LogP contribution in [-0.4, -0.2) is 68.4 Å². The number of anilines is 5. The molecule has 4 aromatic rings. The molecule has 42 heavy (non-hydrogen) atoms. The molecule has 0 aliphatic carbocycles. The van der Waals surface area contributed by atoms with E-state index < -0.39 is 6.09 Å². The molecule has 1 aliphatic heterocycles. The molecule has 3 aromatic carbocycles. The molecule has 5 rings (SSSR count). The lowest BCUT2D eigenvalue weighted by Gasteiger charge is -2.34. The first-order valence-corrected chi connectivity index (χ1v) is 13.8. The van der Waals surface area contributed by atoms with E-state index >= 15 is 0 Å². The predicted molar refractivity (Wildman–Crippen MR) is 165 cm³/mol. The molecule has 1 saturated heterocycles. The predicted octanol–water partition coefficient (Wildman–Crippen LogP) is 5.94. The van der Waals surface area contributed by atoms with Gasteiger partial charge in [-0.3, -0.25) is 0 Å². The van der Waals surface area contributed by atoms with Gasteiger partial charge in [0, 0.05) is 50.2 Å². The van der Waals surface area contributed by atoms with Crippen LogP contribution in [0, 0.1) is 13.8 Å². The molecule has 10 nitrogen and oxygen atoms in total. The minimum absolute atomic E-state index is 0.320. The molecule has 1 aromatic heterocycles. The van der Waals surface area contributed by atoms with Gasteiger partial charge in [-0.15, -0.1) is 0 Å². The molecular weight excluding hydrogens is 532 g/mol. The number of likely N-dealkylation sites (N-methyl/N-ethyl adjacent to an activating group) is 1. The number of aromatic nitrogens is 2. The fourth-order valence-electron chi connectivity index (χ4n) is 4.88. The van der Waals surface area contributed by atoms with E-state index in [-0.39, 0.29) is 0 Å². The number of aryl methyl sites for hydroxylation is 2. The summed E-state index contributed by atoms with van der Waals surface area (Å²) in [4.78, 5) is 28.9. The van der Waals surface area contributed by atoms with Gasteiger partial charge < -0.3 is 29.3 Å². The van der Waals surface area contributed by atoms with Gasteiger partial charge in [0.05, 0.1) is 25.6 Å². The summed E-state index contributed by atoms with van der Waals surface area (Å²) < 4.78 is 17.0. The third-order valence-corrected chi connectivity index (χ3v) is 7.26. The first-order chi connectivity index (χ1) is 20.4. The molecule has 0 radical (unpaired) electrons. The number of piperazine rings is 1. The summed E-state index contributed by atoms with van der Waals surface area (Å²) in [6, 6.07) is 20.5. The lowest BCUT2D eigenvalue weighted by atomic mass is 10.1. The number of hydrogen-bond acceptors (Lipinski definition) is 9. The Bertz CT molecular complexity index is 1520. The quantitative estimate of drug-likeness (QED) is 0.277. The van der Waals surface area contributed by atoms with Gasteiger partial charge >= 0.3 is 6.09 Å². The number of carbonyl (C=O) groups is 1. The highest BCUT2D eigenvalue weighted by molar-refractivity contribution is 5.96. The fraction of sp³-hybridized carbons (Fsp3) is 0.281. The van der Waals surface area contributed by atoms with Crippen molar-refractivity contribution < 1.29 is 19.0 Å². The van der Waals surface area contributed by atoms with Crippen molar-refractivity contribution in [3.8, 4) is 17.2 Å². The third kappa shape index (κ3) is 6.39. The van der Waals surface area contributed by atoms with Crippen LogP contribution in [0.3, 0.4) is 0 Å². The molecule has 218 valence electrons. The van der Waals surface area contributed by atoms with Gasteiger partial charge in [0.2, 0.25) is 5.95 Å². The van der Waals surface area contributed by atoms with Crippen molar-refractivity contribution in [2.24, 2.45) is 0 Å². The maximum atomic E-state index is 13.7. The number of methoxy groups -OCH3 is 2. The van der Waals surface area contributed by atoms with Crippen LogP contribution in [0.25, 0.3) is 0 Å². The zero-order valence-corrected chi connectivity index (χ0v) is 24.6. The van der Waals surface area contributed by atoms with Crippen LogP contribution >= 0.6 is 0 Å². The molecule has 10 heteroatoms. The number of rotatable bonds is 8. The van der Waals surface area contributed by atoms with Crippen LogP contribution in [0.15, 0.2) is 72.9 Å². The average molecular weight is 569 g/mol. The van der Waals surface area contributed by atoms with E-state index in [9.17, 15) is 4.79 Å². The highest BCUT2D eigenvalue weighted by atomic mass is 16.6. The molecule has 0 spiro atoms. The first-order valence-electron chi connectivity index (χ1n) is 13.8. The molecule has 1 amide bonds. The molecule has 0 unspecified atom stereocenters. The van der Waals surface area contributed by atoms with E-state index in [4.69, 9.17) is 14.2 Å². The van der Waals surface area contributed by atoms with Gasteiger partial charge in [-0.1, -0.05) is 18.2 Å². The normalized spacial score (nSPS) is 13.4. The van der Waals surface area contributed by atoms with E-state index in [2.05, 4.69) is 32.1 Å². The number of carbonyl (C=O) groups excluding carboxylic acids is 1. The Labute approximate surface area is 246 Å². The SMILES string of the molecule is COc1ccc(N(C(=O)Oc2c(C)cccc2C)c2ccnc(Nc3ccc(N4CCN(C)CC4)c(OC)c3)n2)cc1. The Morgan fingerprint density at radius 1 is 0.905 bits per heavy atom. The van der Waals surface area contributed by atoms with Crippen LogP contribution in [-0.2, 0) is 0 Å². The third-order valence-electron chi connectivity index (χ3n) is 7.26. The zero-order chi connectivity index (χ0) is 29.6. The lowest BCUT2D eigenvalue weighted by molar-refractivity contribution is 0.209. The van der Waals surface area contributed by atoms with Gasteiger partial charge in [0.25, 0.3) is 0 Å². The standard InChI is InChI=1S/C32H36N6O4/c1-22-7-6-8-23(2)30(22)42-32(39)38(25-10-12-26(40-4)13-11-25)29-15-16-33-31(35-29)34-24-9-14-27(28(21-24)41-5)37-19-17-36(3)18-20-37/h6-16,21H,17-20H2,1-5H3,(H,33,34,35). The van der Waals surface area contributed by atoms with Gasteiger partial charge in [-0.2, -0.15) is 4.98 Å². The number of nitrogens with one attached hydrogen (secondary N) is 1. The molecule has 1 N–H and O–H groups in total. The maximum Gasteiger partial charge on any atom is 0.425 e. The minimum atomic E-state index is -0.597. The molecule has 1 fully saturated rings. The van der Waals surface area contributed by atoms with E-state index in [1.165, 1.54) is 4.90 Å². The van der Waals surface area contributed by atoms with Crippen molar-refractivity contribution in [1.29, 1.82) is 0 Å². The molecule has 1 aliphatic rings. The van der Waals surface area contributed by atoms with Crippen LogP contribution in [0.4, 0.5) is 33.6 Å². The van der Waals surface area contributed by atoms with Crippen molar-refractivity contribution >= 4 is 34.9 Å². The molecular formula is C32H36N6O4. The van der Waals surface area contributed by atoms with Gasteiger partial charge in [-0.05, 0) is 68.4 Å². The highest BCUT2D eigenvalue weighted by Crippen LogP contribution is 2.34. The molecule has 0 saturated carbocycles. The number of amides is 1. The lowest BCUT2D eigenvalue weighted by Crippen LogP contribution is -2.44. The summed E-state index contributed by atoms with van der Waals surface area (Å²) in [5.74, 6) is 2.61. The Balaban J connectivity index is 1.43. The van der Waals surface area contributed by atoms with Crippen molar-refractivity contribution in [2.75, 3.05) is 62.6 Å². The summed E-state index contributed by atoms with van der Waals surface area (Å²) in [7, 11) is 5.40. The topological polar surface area (TPSA) is 92.3 Å². The van der Waals surface area contributed by atoms with E-state index in [1.807, 2.05) is 50.2 Å². The molecule has 0 bridgehead atoms. The second-order valence-corrected chi connectivity index (χ2v) is 10.2. The second kappa shape index (κ2) is 12.8. The number of nitrogens with zero attached hydrogens (tertiary/aromatic N) is 5. The molecule has 0 atom stereocenters. The summed E-state index contributed by atoms with van der Waals surface area (Å²) in [5, 5.41) is 3.26. The second-order valence-electron chi connectivity index (χ2n) is 10.2. The van der Waals surface area contributed by atoms with Crippen molar-refractivity contribution in [1.82, 2.24) is 14.9 Å². The van der Waals surface area contributed by atoms with Crippen LogP contribution in [0.5, 0.6) is 17.2 Å². The summed E-state index contributed by atoms with van der Waals surface area (Å²) in [6.07, 6.45) is 1.00. The Morgan fingerprint density at radius 2 is 1.62 bits per heavy atom. The fourth-order valence-corrected chi connectivity index (χ4v) is 4.88. The minimum Gasteiger partial charge on any atom is -0.497 e. The van der Waals surface area contributed by atoms with Crippen molar-refractivity contribution in [2.45, 2.75) is 13.8 Å². The summed E-state index contributed by atoms with van der Waals surface area (Å²) >= 11 is 0. The number of hydrogen-bond donors (Lipinski definition) is 1. The van der Waals surface area contributed by atoms with E-state index in [0.29, 0.717) is 29.0 Å². The maximum absolute atomic E-state index is 13.7. The van der Waals surface area contributed by atoms with Gasteiger partial charge in [0.1, 0.15) is 23.1 Å². The van der Waals surface area contributed by atoms with E-state index in [1.54, 1.807) is 50.7 Å². The van der Waals surface area contributed by atoms with Crippen LogP contribution < -0.4 is 29.3 Å². The molecule has 2 heterocycles. The van der Waals surface area contributed by atoms with Crippen molar-refractivity contribution in [3.63, 3.8) is 0 Å². The van der Waals surface area contributed by atoms with Crippen LogP contribution in [0.1, 0.15) is 11.1 Å².